The van der Waals surface area contributed by atoms with Crippen LogP contribution in [0.15, 0.2) is 37.1 Å². The van der Waals surface area contributed by atoms with E-state index in [0.717, 1.165) is 23.0 Å². The van der Waals surface area contributed by atoms with Gasteiger partial charge < -0.3 is 14.5 Å². The van der Waals surface area contributed by atoms with Crippen LogP contribution in [0.25, 0.3) is 5.82 Å². The van der Waals surface area contributed by atoms with E-state index in [9.17, 15) is 4.79 Å². The molecule has 0 bridgehead atoms. The minimum absolute atomic E-state index is 0.0671. The Morgan fingerprint density at radius 3 is 2.48 bits per heavy atom. The normalized spacial score (nSPS) is 14.2. The number of piperazine rings is 1. The molecule has 9 heteroatoms. The zero-order valence-corrected chi connectivity index (χ0v) is 16.7. The molecule has 0 radical (unpaired) electrons. The van der Waals surface area contributed by atoms with E-state index in [4.69, 9.17) is 4.74 Å². The lowest BCUT2D eigenvalue weighted by Crippen LogP contribution is -2.49. The number of hydrogen-bond donors (Lipinski definition) is 0. The van der Waals surface area contributed by atoms with Gasteiger partial charge >= 0.3 is 0 Å². The van der Waals surface area contributed by atoms with Crippen LogP contribution in [0, 0.1) is 13.8 Å². The van der Waals surface area contributed by atoms with Gasteiger partial charge in [0, 0.05) is 44.1 Å². The lowest BCUT2D eigenvalue weighted by Gasteiger charge is -2.35. The predicted octanol–water partition coefficient (Wildman–Crippen LogP) is 1.65. The number of ether oxygens (including phenoxy) is 1. The molecular weight excluding hydrogens is 370 g/mol. The molecule has 0 unspecified atom stereocenters. The molecule has 0 aliphatic carbocycles. The summed E-state index contributed by atoms with van der Waals surface area (Å²) in [4.78, 5) is 34.1. The third-order valence-corrected chi connectivity index (χ3v) is 5.22. The van der Waals surface area contributed by atoms with Crippen LogP contribution in [0.4, 0.5) is 5.82 Å². The molecular formula is C20H23N7O2. The van der Waals surface area contributed by atoms with E-state index in [1.807, 2.05) is 29.4 Å². The minimum Gasteiger partial charge on any atom is -0.480 e. The van der Waals surface area contributed by atoms with Gasteiger partial charge in [-0.3, -0.25) is 9.36 Å². The monoisotopic (exact) mass is 393 g/mol. The first-order chi connectivity index (χ1) is 14.1. The second kappa shape index (κ2) is 7.86. The third-order valence-electron chi connectivity index (χ3n) is 5.22. The van der Waals surface area contributed by atoms with Crippen LogP contribution in [0.3, 0.4) is 0 Å². The lowest BCUT2D eigenvalue weighted by atomic mass is 10.2. The Labute approximate surface area is 169 Å². The van der Waals surface area contributed by atoms with Crippen molar-refractivity contribution in [1.29, 1.82) is 0 Å². The smallest absolute Gasteiger partial charge is 0.259 e. The number of amides is 1. The van der Waals surface area contributed by atoms with Crippen molar-refractivity contribution in [3.63, 3.8) is 0 Å². The first-order valence-corrected chi connectivity index (χ1v) is 9.44. The number of rotatable bonds is 4. The molecule has 0 aromatic carbocycles. The van der Waals surface area contributed by atoms with Crippen LogP contribution in [0.5, 0.6) is 5.88 Å². The van der Waals surface area contributed by atoms with Gasteiger partial charge in [-0.1, -0.05) is 0 Å². The standard InChI is InChI=1S/C20H23N7O2/c1-14-15(2)27(13-24-14)18-11-17(22-12-23-18)25-7-9-26(10-8-25)20(28)16-5-4-6-21-19(16)29-3/h4-6,11-13H,7-10H2,1-3H3. The van der Waals surface area contributed by atoms with Gasteiger partial charge in [0.2, 0.25) is 5.88 Å². The SMILES string of the molecule is COc1ncccc1C(=O)N1CCN(c2cc(-n3cnc(C)c3C)ncn2)CC1. The van der Waals surface area contributed by atoms with Gasteiger partial charge in [-0.25, -0.2) is 19.9 Å². The largest absolute Gasteiger partial charge is 0.480 e. The van der Waals surface area contributed by atoms with Crippen molar-refractivity contribution in [2.24, 2.45) is 0 Å². The van der Waals surface area contributed by atoms with Gasteiger partial charge in [0.05, 0.1) is 12.8 Å². The maximum atomic E-state index is 12.9. The number of hydrogen-bond acceptors (Lipinski definition) is 7. The highest BCUT2D eigenvalue weighted by Crippen LogP contribution is 2.20. The van der Waals surface area contributed by atoms with E-state index in [1.165, 1.54) is 7.11 Å². The van der Waals surface area contributed by atoms with Gasteiger partial charge in [-0.2, -0.15) is 0 Å². The number of aryl methyl sites for hydroxylation is 1. The van der Waals surface area contributed by atoms with Crippen LogP contribution in [0.2, 0.25) is 0 Å². The Kier molecular flexibility index (Phi) is 5.11. The maximum Gasteiger partial charge on any atom is 0.259 e. The highest BCUT2D eigenvalue weighted by molar-refractivity contribution is 5.96. The molecule has 150 valence electrons. The van der Waals surface area contributed by atoms with Gasteiger partial charge in [-0.15, -0.1) is 0 Å². The van der Waals surface area contributed by atoms with Crippen molar-refractivity contribution >= 4 is 11.7 Å². The molecule has 1 fully saturated rings. The lowest BCUT2D eigenvalue weighted by molar-refractivity contribution is 0.0742. The van der Waals surface area contributed by atoms with Gasteiger partial charge in [0.25, 0.3) is 5.91 Å². The number of nitrogens with zero attached hydrogens (tertiary/aromatic N) is 7. The Hall–Kier alpha value is -3.49. The minimum atomic E-state index is -0.0671. The number of carbonyl (C=O) groups excluding carboxylic acids is 1. The van der Waals surface area contributed by atoms with Crippen LogP contribution in [-0.2, 0) is 0 Å². The topological polar surface area (TPSA) is 89.3 Å². The van der Waals surface area contributed by atoms with E-state index in [-0.39, 0.29) is 5.91 Å². The van der Waals surface area contributed by atoms with Crippen molar-refractivity contribution in [3.05, 3.63) is 54.0 Å². The zero-order valence-electron chi connectivity index (χ0n) is 16.7. The molecule has 0 saturated carbocycles. The first kappa shape index (κ1) is 18.9. The summed E-state index contributed by atoms with van der Waals surface area (Å²) in [5.74, 6) is 1.91. The Morgan fingerprint density at radius 2 is 1.79 bits per heavy atom. The van der Waals surface area contributed by atoms with Gasteiger partial charge in [0.1, 0.15) is 29.9 Å². The van der Waals surface area contributed by atoms with Crippen molar-refractivity contribution in [2.45, 2.75) is 13.8 Å². The molecule has 29 heavy (non-hydrogen) atoms. The molecule has 3 aromatic heterocycles. The van der Waals surface area contributed by atoms with Crippen LogP contribution in [-0.4, -0.2) is 68.6 Å². The highest BCUT2D eigenvalue weighted by atomic mass is 16.5. The quantitative estimate of drug-likeness (QED) is 0.666. The molecule has 4 heterocycles. The van der Waals surface area contributed by atoms with E-state index in [2.05, 4.69) is 24.8 Å². The fraction of sp³-hybridized carbons (Fsp3) is 0.350. The number of aromatic nitrogens is 5. The number of anilines is 1. The second-order valence-corrected chi connectivity index (χ2v) is 6.86. The van der Waals surface area contributed by atoms with E-state index < -0.39 is 0 Å². The summed E-state index contributed by atoms with van der Waals surface area (Å²) in [5, 5.41) is 0. The molecule has 1 saturated heterocycles. The summed E-state index contributed by atoms with van der Waals surface area (Å²) in [6, 6.07) is 5.44. The van der Waals surface area contributed by atoms with Crippen molar-refractivity contribution in [1.82, 2.24) is 29.4 Å². The molecule has 9 nitrogen and oxygen atoms in total. The van der Waals surface area contributed by atoms with Gasteiger partial charge in [-0.05, 0) is 26.0 Å². The summed E-state index contributed by atoms with van der Waals surface area (Å²) in [6.07, 6.45) is 4.95. The molecule has 0 N–H and O–H groups in total. The van der Waals surface area contributed by atoms with Crippen molar-refractivity contribution < 1.29 is 9.53 Å². The van der Waals surface area contributed by atoms with E-state index >= 15 is 0 Å². The fourth-order valence-corrected chi connectivity index (χ4v) is 3.40. The van der Waals surface area contributed by atoms with Gasteiger partial charge in [0.15, 0.2) is 0 Å². The van der Waals surface area contributed by atoms with E-state index in [0.29, 0.717) is 37.6 Å². The molecule has 3 aromatic rings. The molecule has 4 rings (SSSR count). The Balaban J connectivity index is 1.47. The Bertz CT molecular complexity index is 1030. The molecule has 1 amide bonds. The summed E-state index contributed by atoms with van der Waals surface area (Å²) < 4.78 is 7.17. The summed E-state index contributed by atoms with van der Waals surface area (Å²) >= 11 is 0. The molecule has 0 atom stereocenters. The molecule has 1 aliphatic heterocycles. The average Bonchev–Trinajstić information content (AvgIpc) is 3.11. The zero-order chi connectivity index (χ0) is 20.4. The van der Waals surface area contributed by atoms with Crippen LogP contribution in [0.1, 0.15) is 21.7 Å². The number of pyridine rings is 1. The first-order valence-electron chi connectivity index (χ1n) is 9.44. The maximum absolute atomic E-state index is 12.9. The predicted molar refractivity (Wildman–Crippen MR) is 108 cm³/mol. The molecule has 0 spiro atoms. The molecule has 1 aliphatic rings. The summed E-state index contributed by atoms with van der Waals surface area (Å²) in [5.41, 5.74) is 2.51. The number of imidazole rings is 1. The third kappa shape index (κ3) is 3.63. The number of carbonyl (C=O) groups is 1. The van der Waals surface area contributed by atoms with Crippen LogP contribution >= 0.6 is 0 Å². The van der Waals surface area contributed by atoms with Crippen LogP contribution < -0.4 is 9.64 Å². The second-order valence-electron chi connectivity index (χ2n) is 6.86. The van der Waals surface area contributed by atoms with Crippen molar-refractivity contribution in [3.8, 4) is 11.7 Å². The van der Waals surface area contributed by atoms with E-state index in [1.54, 1.807) is 31.0 Å². The highest BCUT2D eigenvalue weighted by Gasteiger charge is 2.25. The summed E-state index contributed by atoms with van der Waals surface area (Å²) in [7, 11) is 1.52. The van der Waals surface area contributed by atoms with Crippen molar-refractivity contribution in [2.75, 3.05) is 38.2 Å². The summed E-state index contributed by atoms with van der Waals surface area (Å²) in [6.45, 7) is 6.56. The Morgan fingerprint density at radius 1 is 1.03 bits per heavy atom. The number of methoxy groups -OCH3 is 1. The fourth-order valence-electron chi connectivity index (χ4n) is 3.40. The average molecular weight is 393 g/mol.